The molecule has 3 aromatic rings. The summed E-state index contributed by atoms with van der Waals surface area (Å²) in [6.07, 6.45) is 2.04. The van der Waals surface area contributed by atoms with Gasteiger partial charge in [0.15, 0.2) is 12.3 Å². The highest BCUT2D eigenvalue weighted by Gasteiger charge is 2.37. The summed E-state index contributed by atoms with van der Waals surface area (Å²) >= 11 is 0. The number of oxazole rings is 1. The molecule has 1 fully saturated rings. The van der Waals surface area contributed by atoms with Gasteiger partial charge in [0.05, 0.1) is 19.3 Å². The minimum Gasteiger partial charge on any atom is -0.484 e. The number of ether oxygens (including phenoxy) is 2. The van der Waals surface area contributed by atoms with E-state index in [0.29, 0.717) is 50.6 Å². The molecule has 0 bridgehead atoms. The minimum atomic E-state index is -0.585. The first-order chi connectivity index (χ1) is 18.2. The number of hydrogen-bond acceptors (Lipinski definition) is 6. The molecular weight excluding hydrogens is 489 g/mol. The van der Waals surface area contributed by atoms with E-state index in [9.17, 15) is 14.0 Å². The zero-order chi connectivity index (χ0) is 26.9. The zero-order valence-corrected chi connectivity index (χ0v) is 21.9. The number of halogens is 1. The molecule has 0 N–H and O–H groups in total. The SMILES string of the molecule is CC(C)(C)C(=O)N1CCc2ccc(OCc3nc(C(=O)N4CCOCC4)co3)cc2[C@H]1c1cccc(F)c1. The molecule has 200 valence electrons. The number of carbonyl (C=O) groups is 2. The molecule has 0 saturated carbocycles. The number of carbonyl (C=O) groups excluding carboxylic acids is 2. The lowest BCUT2D eigenvalue weighted by Gasteiger charge is -2.41. The van der Waals surface area contributed by atoms with E-state index < -0.39 is 11.5 Å². The third kappa shape index (κ3) is 5.43. The molecule has 3 heterocycles. The highest BCUT2D eigenvalue weighted by Crippen LogP contribution is 2.39. The molecule has 9 heteroatoms. The van der Waals surface area contributed by atoms with Crippen molar-refractivity contribution in [1.82, 2.24) is 14.8 Å². The van der Waals surface area contributed by atoms with E-state index in [2.05, 4.69) is 4.98 Å². The van der Waals surface area contributed by atoms with E-state index in [4.69, 9.17) is 13.9 Å². The number of rotatable bonds is 5. The number of nitrogens with zero attached hydrogens (tertiary/aromatic N) is 3. The minimum absolute atomic E-state index is 0.000910. The Bertz CT molecular complexity index is 1330. The van der Waals surface area contributed by atoms with Gasteiger partial charge in [0.25, 0.3) is 5.91 Å². The monoisotopic (exact) mass is 521 g/mol. The van der Waals surface area contributed by atoms with E-state index >= 15 is 0 Å². The molecule has 1 saturated heterocycles. The van der Waals surface area contributed by atoms with Crippen LogP contribution < -0.4 is 4.74 Å². The van der Waals surface area contributed by atoms with E-state index in [1.165, 1.54) is 18.4 Å². The van der Waals surface area contributed by atoms with Crippen LogP contribution in [0, 0.1) is 11.2 Å². The summed E-state index contributed by atoms with van der Waals surface area (Å²) in [5, 5.41) is 0. The van der Waals surface area contributed by atoms with Crippen molar-refractivity contribution < 1.29 is 27.9 Å². The van der Waals surface area contributed by atoms with E-state index in [1.807, 2.05) is 49.9 Å². The standard InChI is InChI=1S/C29H32FN3O5/c1-29(2,3)28(35)33-10-9-19-7-8-22(16-23(19)26(33)20-5-4-6-21(30)15-20)37-18-25-31-24(17-38-25)27(34)32-11-13-36-14-12-32/h4-8,15-17,26H,9-14,18H2,1-3H3/t26-/m1/s1. The molecule has 0 aliphatic carbocycles. The Morgan fingerprint density at radius 1 is 1.11 bits per heavy atom. The lowest BCUT2D eigenvalue weighted by atomic mass is 9.85. The fraction of sp³-hybridized carbons (Fsp3) is 0.414. The fourth-order valence-electron chi connectivity index (χ4n) is 4.92. The Labute approximate surface area is 221 Å². The lowest BCUT2D eigenvalue weighted by Crippen LogP contribution is -2.45. The first-order valence-corrected chi connectivity index (χ1v) is 12.8. The van der Waals surface area contributed by atoms with Gasteiger partial charge in [-0.25, -0.2) is 9.37 Å². The lowest BCUT2D eigenvalue weighted by molar-refractivity contribution is -0.141. The molecule has 2 aliphatic heterocycles. The van der Waals surface area contributed by atoms with Gasteiger partial charge in [-0.3, -0.25) is 9.59 Å². The molecular formula is C29H32FN3O5. The Morgan fingerprint density at radius 3 is 2.63 bits per heavy atom. The van der Waals surface area contributed by atoms with Crippen molar-refractivity contribution in [2.24, 2.45) is 5.41 Å². The Kier molecular flexibility index (Phi) is 7.21. The molecule has 0 spiro atoms. The summed E-state index contributed by atoms with van der Waals surface area (Å²) in [6, 6.07) is 11.7. The van der Waals surface area contributed by atoms with Gasteiger partial charge in [0.2, 0.25) is 11.8 Å². The summed E-state index contributed by atoms with van der Waals surface area (Å²) in [4.78, 5) is 33.9. The molecule has 0 unspecified atom stereocenters. The second-order valence-electron chi connectivity index (χ2n) is 10.6. The molecule has 5 rings (SSSR count). The van der Waals surface area contributed by atoms with Gasteiger partial charge in [-0.1, -0.05) is 39.0 Å². The maximum atomic E-state index is 14.2. The van der Waals surface area contributed by atoms with Crippen LogP contribution in [0.2, 0.25) is 0 Å². The van der Waals surface area contributed by atoms with Crippen molar-refractivity contribution >= 4 is 11.8 Å². The Morgan fingerprint density at radius 2 is 1.89 bits per heavy atom. The van der Waals surface area contributed by atoms with Gasteiger partial charge in [-0.05, 0) is 47.4 Å². The van der Waals surface area contributed by atoms with E-state index in [-0.39, 0.29) is 35.8 Å². The number of amides is 2. The fourth-order valence-corrected chi connectivity index (χ4v) is 4.92. The van der Waals surface area contributed by atoms with Gasteiger partial charge < -0.3 is 23.7 Å². The molecule has 2 aliphatic rings. The van der Waals surface area contributed by atoms with Crippen LogP contribution >= 0.6 is 0 Å². The van der Waals surface area contributed by atoms with Crippen molar-refractivity contribution in [3.05, 3.63) is 82.8 Å². The van der Waals surface area contributed by atoms with Crippen LogP contribution in [0.3, 0.4) is 0 Å². The van der Waals surface area contributed by atoms with Crippen molar-refractivity contribution in [2.75, 3.05) is 32.8 Å². The molecule has 8 nitrogen and oxygen atoms in total. The number of hydrogen-bond donors (Lipinski definition) is 0. The van der Waals surface area contributed by atoms with Crippen LogP contribution in [-0.2, 0) is 22.6 Å². The largest absolute Gasteiger partial charge is 0.484 e. The molecule has 2 amide bonds. The number of fused-ring (bicyclic) bond motifs is 1. The number of aromatic nitrogens is 1. The normalized spacial score (nSPS) is 17.7. The Hall–Kier alpha value is -3.72. The van der Waals surface area contributed by atoms with E-state index in [0.717, 1.165) is 11.1 Å². The van der Waals surface area contributed by atoms with Crippen molar-refractivity contribution in [1.29, 1.82) is 0 Å². The van der Waals surface area contributed by atoms with Crippen LogP contribution in [0.5, 0.6) is 5.75 Å². The van der Waals surface area contributed by atoms with Gasteiger partial charge in [-0.2, -0.15) is 0 Å². The van der Waals surface area contributed by atoms with Crippen molar-refractivity contribution in [3.8, 4) is 5.75 Å². The average Bonchev–Trinajstić information content (AvgIpc) is 3.39. The van der Waals surface area contributed by atoms with Crippen LogP contribution in [0.1, 0.15) is 59.9 Å². The summed E-state index contributed by atoms with van der Waals surface area (Å²) in [5.41, 5.74) is 2.34. The maximum absolute atomic E-state index is 14.2. The molecule has 2 aromatic carbocycles. The molecule has 0 radical (unpaired) electrons. The highest BCUT2D eigenvalue weighted by atomic mass is 19.1. The van der Waals surface area contributed by atoms with Crippen LogP contribution in [0.25, 0.3) is 0 Å². The molecule has 1 atom stereocenters. The van der Waals surface area contributed by atoms with Gasteiger partial charge in [0, 0.05) is 25.0 Å². The topological polar surface area (TPSA) is 85.1 Å². The summed E-state index contributed by atoms with van der Waals surface area (Å²) in [6.45, 7) is 8.30. The van der Waals surface area contributed by atoms with Crippen molar-refractivity contribution in [2.45, 2.75) is 39.8 Å². The quantitative estimate of drug-likeness (QED) is 0.495. The summed E-state index contributed by atoms with van der Waals surface area (Å²) < 4.78 is 31.0. The number of benzene rings is 2. The number of morpholine rings is 1. The van der Waals surface area contributed by atoms with Crippen molar-refractivity contribution in [3.63, 3.8) is 0 Å². The van der Waals surface area contributed by atoms with Gasteiger partial charge in [0.1, 0.15) is 17.8 Å². The van der Waals surface area contributed by atoms with Crippen LogP contribution in [-0.4, -0.2) is 59.4 Å². The maximum Gasteiger partial charge on any atom is 0.275 e. The first-order valence-electron chi connectivity index (χ1n) is 12.8. The van der Waals surface area contributed by atoms with E-state index in [1.54, 1.807) is 11.0 Å². The smallest absolute Gasteiger partial charge is 0.275 e. The summed E-state index contributed by atoms with van der Waals surface area (Å²) in [7, 11) is 0. The van der Waals surface area contributed by atoms with Crippen LogP contribution in [0.4, 0.5) is 4.39 Å². The summed E-state index contributed by atoms with van der Waals surface area (Å²) in [5.74, 6) is 0.302. The third-order valence-electron chi connectivity index (χ3n) is 6.84. The third-order valence-corrected chi connectivity index (χ3v) is 6.84. The first kappa shape index (κ1) is 25.9. The second-order valence-corrected chi connectivity index (χ2v) is 10.6. The molecule has 1 aromatic heterocycles. The molecule has 38 heavy (non-hydrogen) atoms. The average molecular weight is 522 g/mol. The van der Waals surface area contributed by atoms with Gasteiger partial charge in [-0.15, -0.1) is 0 Å². The zero-order valence-electron chi connectivity index (χ0n) is 21.9. The Balaban J connectivity index is 1.38. The predicted octanol–water partition coefficient (Wildman–Crippen LogP) is 4.39. The predicted molar refractivity (Wildman–Crippen MR) is 137 cm³/mol. The van der Waals surface area contributed by atoms with Gasteiger partial charge >= 0.3 is 0 Å². The highest BCUT2D eigenvalue weighted by molar-refractivity contribution is 5.92. The van der Waals surface area contributed by atoms with Crippen LogP contribution in [0.15, 0.2) is 53.1 Å². The second kappa shape index (κ2) is 10.6.